The van der Waals surface area contributed by atoms with Crippen molar-refractivity contribution in [2.75, 3.05) is 0 Å². The number of aryl methyl sites for hydroxylation is 3. The Morgan fingerprint density at radius 2 is 1.17 bits per heavy atom. The molecule has 3 aromatic heterocycles. The van der Waals surface area contributed by atoms with Crippen LogP contribution >= 0.6 is 0 Å². The average Bonchev–Trinajstić information content (AvgIpc) is 3.75. The Kier molecular flexibility index (Phi) is 8.36. The molecule has 0 atom stereocenters. The van der Waals surface area contributed by atoms with E-state index in [1.165, 1.54) is 60.4 Å². The number of pyridine rings is 1. The maximum atomic E-state index is 4.78. The van der Waals surface area contributed by atoms with Gasteiger partial charge in [-0.05, 0) is 104 Å². The highest BCUT2D eigenvalue weighted by Gasteiger charge is 2.18. The highest BCUT2D eigenvalue weighted by Crippen LogP contribution is 2.37. The standard InChI is InChI=1S/C41H30N4.C7H10/c1-25-22-26(2)39(27(3)23-25)29-18-21-38-35(24-29)31-10-4-5-13-34(31)41-43-42-40(45(38)41)28-16-19-30(20-17-28)44-36-14-8-6-11-32(36)33-12-7-9-15-37(33)44;1-4-5-6-7(2)3/h4-24H,1-3H3;4-6H,1-2H2,3H3/b;6-5-. The number of allylic oxidation sites excluding steroid dienone is 4. The maximum absolute atomic E-state index is 4.78. The molecule has 6 aromatic carbocycles. The molecule has 4 nitrogen and oxygen atoms in total. The first kappa shape index (κ1) is 32.7. The topological polar surface area (TPSA) is 35.1 Å². The molecule has 0 spiro atoms. The van der Waals surface area contributed by atoms with E-state index in [1.807, 2.05) is 19.1 Å². The van der Waals surface area contributed by atoms with Gasteiger partial charge in [0.15, 0.2) is 11.5 Å². The minimum atomic E-state index is 0.838. The van der Waals surface area contributed by atoms with Crippen molar-refractivity contribution in [3.63, 3.8) is 0 Å². The Morgan fingerprint density at radius 1 is 0.596 bits per heavy atom. The molecule has 9 aromatic rings. The van der Waals surface area contributed by atoms with Crippen molar-refractivity contribution in [2.24, 2.45) is 0 Å². The van der Waals surface area contributed by atoms with E-state index in [0.717, 1.165) is 39.2 Å². The van der Waals surface area contributed by atoms with E-state index in [9.17, 15) is 0 Å². The monoisotopic (exact) mass is 672 g/mol. The van der Waals surface area contributed by atoms with Crippen molar-refractivity contribution >= 4 is 49.1 Å². The van der Waals surface area contributed by atoms with E-state index >= 15 is 0 Å². The van der Waals surface area contributed by atoms with Crippen molar-refractivity contribution < 1.29 is 0 Å². The van der Waals surface area contributed by atoms with Gasteiger partial charge in [-0.3, -0.25) is 4.40 Å². The van der Waals surface area contributed by atoms with Gasteiger partial charge in [-0.15, -0.1) is 10.2 Å². The van der Waals surface area contributed by atoms with E-state index in [1.54, 1.807) is 6.08 Å². The summed E-state index contributed by atoms with van der Waals surface area (Å²) in [7, 11) is 0. The molecular weight excluding hydrogens is 633 g/mol. The van der Waals surface area contributed by atoms with Crippen LogP contribution in [0.3, 0.4) is 0 Å². The lowest BCUT2D eigenvalue weighted by atomic mass is 9.92. The van der Waals surface area contributed by atoms with Crippen molar-refractivity contribution in [3.8, 4) is 28.2 Å². The minimum absolute atomic E-state index is 0.838. The molecule has 3 heterocycles. The average molecular weight is 673 g/mol. The molecule has 4 heteroatoms. The molecule has 9 rings (SSSR count). The number of hydrogen-bond donors (Lipinski definition) is 0. The van der Waals surface area contributed by atoms with Gasteiger partial charge in [0.2, 0.25) is 0 Å². The Morgan fingerprint density at radius 3 is 1.77 bits per heavy atom. The molecule has 52 heavy (non-hydrogen) atoms. The van der Waals surface area contributed by atoms with Crippen molar-refractivity contribution in [3.05, 3.63) is 181 Å². The Balaban J connectivity index is 0.000000505. The van der Waals surface area contributed by atoms with Gasteiger partial charge in [-0.2, -0.15) is 0 Å². The number of para-hydroxylation sites is 2. The zero-order valence-corrected chi connectivity index (χ0v) is 30.1. The van der Waals surface area contributed by atoms with Gasteiger partial charge in [0.1, 0.15) is 0 Å². The van der Waals surface area contributed by atoms with Crippen molar-refractivity contribution in [1.29, 1.82) is 0 Å². The first-order valence-electron chi connectivity index (χ1n) is 17.7. The summed E-state index contributed by atoms with van der Waals surface area (Å²) in [5, 5.41) is 15.5. The second-order valence-electron chi connectivity index (χ2n) is 13.6. The van der Waals surface area contributed by atoms with Crippen LogP contribution < -0.4 is 0 Å². The Bertz CT molecular complexity index is 2790. The second-order valence-corrected chi connectivity index (χ2v) is 13.6. The van der Waals surface area contributed by atoms with Gasteiger partial charge >= 0.3 is 0 Å². The van der Waals surface area contributed by atoms with Crippen LogP contribution in [-0.2, 0) is 0 Å². The summed E-state index contributed by atoms with van der Waals surface area (Å²) in [6.07, 6.45) is 5.50. The van der Waals surface area contributed by atoms with Crippen LogP contribution in [-0.4, -0.2) is 19.2 Å². The van der Waals surface area contributed by atoms with E-state index in [2.05, 4.69) is 170 Å². The van der Waals surface area contributed by atoms with Gasteiger partial charge in [0, 0.05) is 32.8 Å². The summed E-state index contributed by atoms with van der Waals surface area (Å²) in [5.74, 6) is 0.838. The Labute approximate surface area is 304 Å². The third-order valence-electron chi connectivity index (χ3n) is 9.80. The SMILES string of the molecule is C=C/C=C\C(=C)C.Cc1cc(C)c(-c2ccc3c(c2)c2ccccc2c2nnc(-c4ccc(-n5c6ccccc6c6ccccc65)cc4)n32)c(C)c1. The smallest absolute Gasteiger partial charge is 0.169 e. The molecule has 0 unspecified atom stereocenters. The lowest BCUT2D eigenvalue weighted by Gasteiger charge is -2.15. The minimum Gasteiger partial charge on any atom is -0.309 e. The highest BCUT2D eigenvalue weighted by atomic mass is 15.2. The lowest BCUT2D eigenvalue weighted by molar-refractivity contribution is 1.11. The first-order valence-corrected chi connectivity index (χ1v) is 17.7. The van der Waals surface area contributed by atoms with E-state index in [4.69, 9.17) is 10.2 Å². The largest absolute Gasteiger partial charge is 0.309 e. The van der Waals surface area contributed by atoms with Gasteiger partial charge < -0.3 is 4.57 Å². The lowest BCUT2D eigenvalue weighted by Crippen LogP contribution is -1.97. The summed E-state index contributed by atoms with van der Waals surface area (Å²) >= 11 is 0. The highest BCUT2D eigenvalue weighted by molar-refractivity contribution is 6.13. The Hall–Kier alpha value is -6.52. The molecule has 0 fully saturated rings. The first-order chi connectivity index (χ1) is 25.3. The quantitative estimate of drug-likeness (QED) is 0.135. The van der Waals surface area contributed by atoms with Gasteiger partial charge in [-0.1, -0.05) is 121 Å². The van der Waals surface area contributed by atoms with E-state index < -0.39 is 0 Å². The molecule has 0 N–H and O–H groups in total. The van der Waals surface area contributed by atoms with Crippen LogP contribution in [0, 0.1) is 20.8 Å². The van der Waals surface area contributed by atoms with Gasteiger partial charge in [0.05, 0.1) is 16.6 Å². The number of benzene rings is 6. The third kappa shape index (κ3) is 5.59. The van der Waals surface area contributed by atoms with Crippen LogP contribution in [0.5, 0.6) is 0 Å². The zero-order valence-electron chi connectivity index (χ0n) is 30.1. The van der Waals surface area contributed by atoms with Gasteiger partial charge in [-0.25, -0.2) is 0 Å². The molecule has 0 radical (unpaired) electrons. The molecule has 0 saturated carbocycles. The molecule has 252 valence electrons. The summed E-state index contributed by atoms with van der Waals surface area (Å²) in [4.78, 5) is 0. The van der Waals surface area contributed by atoms with Gasteiger partial charge in [0.25, 0.3) is 0 Å². The normalized spacial score (nSPS) is 11.5. The zero-order chi connectivity index (χ0) is 35.9. The molecule has 0 aliphatic heterocycles. The number of aromatic nitrogens is 4. The van der Waals surface area contributed by atoms with Crippen LogP contribution in [0.4, 0.5) is 0 Å². The number of hydrogen-bond acceptors (Lipinski definition) is 2. The fraction of sp³-hybridized carbons (Fsp3) is 0.0833. The molecular formula is C48H40N4. The molecule has 0 amide bonds. The molecule has 0 saturated heterocycles. The number of rotatable bonds is 5. The molecule has 0 aliphatic rings. The number of fused-ring (bicyclic) bond motifs is 9. The predicted molar refractivity (Wildman–Crippen MR) is 222 cm³/mol. The third-order valence-corrected chi connectivity index (χ3v) is 9.80. The fourth-order valence-corrected chi connectivity index (χ4v) is 7.72. The van der Waals surface area contributed by atoms with Crippen LogP contribution in [0.2, 0.25) is 0 Å². The predicted octanol–water partition coefficient (Wildman–Crippen LogP) is 12.7. The van der Waals surface area contributed by atoms with Crippen molar-refractivity contribution in [2.45, 2.75) is 27.7 Å². The maximum Gasteiger partial charge on any atom is 0.169 e. The molecule has 0 bridgehead atoms. The van der Waals surface area contributed by atoms with Crippen LogP contribution in [0.1, 0.15) is 23.6 Å². The fourth-order valence-electron chi connectivity index (χ4n) is 7.72. The number of nitrogens with zero attached hydrogens (tertiary/aromatic N) is 4. The van der Waals surface area contributed by atoms with Crippen molar-refractivity contribution in [1.82, 2.24) is 19.2 Å². The van der Waals surface area contributed by atoms with Crippen LogP contribution in [0.15, 0.2) is 164 Å². The summed E-state index contributed by atoms with van der Waals surface area (Å²) in [6.45, 7) is 15.7. The van der Waals surface area contributed by atoms with Crippen LogP contribution in [0.25, 0.3) is 77.3 Å². The summed E-state index contributed by atoms with van der Waals surface area (Å²) in [5.41, 5.74) is 14.0. The summed E-state index contributed by atoms with van der Waals surface area (Å²) in [6, 6.07) is 45.9. The van der Waals surface area contributed by atoms with E-state index in [-0.39, 0.29) is 0 Å². The summed E-state index contributed by atoms with van der Waals surface area (Å²) < 4.78 is 4.57. The second kappa shape index (κ2) is 13.3. The molecule has 0 aliphatic carbocycles. The van der Waals surface area contributed by atoms with E-state index in [0.29, 0.717) is 0 Å².